The van der Waals surface area contributed by atoms with E-state index in [1.54, 1.807) is 24.5 Å². The minimum atomic E-state index is -0.353. The lowest BCUT2D eigenvalue weighted by Crippen LogP contribution is -2.14. The molecule has 2 aromatic carbocycles. The number of aryl methyl sites for hydroxylation is 1. The number of nitrogens with zero attached hydrogens (tertiary/aromatic N) is 2. The van der Waals surface area contributed by atoms with E-state index < -0.39 is 0 Å². The van der Waals surface area contributed by atoms with Crippen molar-refractivity contribution in [3.63, 3.8) is 0 Å². The lowest BCUT2D eigenvalue weighted by molar-refractivity contribution is 0.389. The number of rotatable bonds is 5. The topological polar surface area (TPSA) is 90.3 Å². The number of hydrogen-bond donors (Lipinski definition) is 4. The van der Waals surface area contributed by atoms with Crippen LogP contribution in [0.5, 0.6) is 5.75 Å². The molecule has 0 aliphatic rings. The zero-order valence-electron chi connectivity index (χ0n) is 15.3. The molecule has 0 bridgehead atoms. The van der Waals surface area contributed by atoms with E-state index in [9.17, 15) is 5.11 Å². The van der Waals surface area contributed by atoms with E-state index in [1.807, 2.05) is 55.5 Å². The smallest absolute Gasteiger partial charge is 0.147 e. The van der Waals surface area contributed by atoms with Crippen LogP contribution >= 0.6 is 0 Å². The van der Waals surface area contributed by atoms with Gasteiger partial charge in [-0.05, 0) is 48.4 Å². The number of benzene rings is 2. The molecule has 0 amide bonds. The van der Waals surface area contributed by atoms with Gasteiger partial charge in [0.05, 0.1) is 11.7 Å². The highest BCUT2D eigenvalue weighted by Crippen LogP contribution is 2.36. The van der Waals surface area contributed by atoms with E-state index in [2.05, 4.69) is 20.8 Å². The van der Waals surface area contributed by atoms with Crippen molar-refractivity contribution in [1.82, 2.24) is 9.97 Å². The molecule has 140 valence electrons. The van der Waals surface area contributed by atoms with E-state index in [4.69, 9.17) is 5.21 Å². The van der Waals surface area contributed by atoms with Gasteiger partial charge in [0.2, 0.25) is 0 Å². The number of anilines is 2. The largest absolute Gasteiger partial charge is 0.505 e. The molecule has 4 aromatic rings. The van der Waals surface area contributed by atoms with Crippen LogP contribution in [0.25, 0.3) is 10.9 Å². The van der Waals surface area contributed by atoms with Crippen molar-refractivity contribution in [1.29, 1.82) is 0 Å². The van der Waals surface area contributed by atoms with Crippen LogP contribution in [-0.2, 0) is 0 Å². The third-order valence-electron chi connectivity index (χ3n) is 4.67. The van der Waals surface area contributed by atoms with E-state index >= 15 is 0 Å². The number of nitrogens with one attached hydrogen (secondary N) is 2. The molecule has 0 aliphatic heterocycles. The Kier molecular flexibility index (Phi) is 4.78. The van der Waals surface area contributed by atoms with Gasteiger partial charge in [-0.25, -0.2) is 4.98 Å². The third-order valence-corrected chi connectivity index (χ3v) is 4.67. The van der Waals surface area contributed by atoms with Crippen LogP contribution in [0.4, 0.5) is 11.5 Å². The minimum Gasteiger partial charge on any atom is -0.505 e. The van der Waals surface area contributed by atoms with Crippen LogP contribution in [0, 0.1) is 6.92 Å². The van der Waals surface area contributed by atoms with Crippen molar-refractivity contribution in [2.24, 2.45) is 0 Å². The molecule has 0 aliphatic carbocycles. The Morgan fingerprint density at radius 3 is 2.50 bits per heavy atom. The number of phenolic OH excluding ortho intramolecular Hbond substituents is 1. The normalized spacial score (nSPS) is 11.9. The average Bonchev–Trinajstić information content (AvgIpc) is 2.73. The van der Waals surface area contributed by atoms with Gasteiger partial charge in [0.1, 0.15) is 17.1 Å². The summed E-state index contributed by atoms with van der Waals surface area (Å²) in [5, 5.41) is 24.3. The molecule has 4 rings (SSSR count). The van der Waals surface area contributed by atoms with Crippen LogP contribution in [0.15, 0.2) is 73.1 Å². The van der Waals surface area contributed by atoms with Crippen LogP contribution in [0.2, 0.25) is 0 Å². The summed E-state index contributed by atoms with van der Waals surface area (Å²) in [6.07, 6.45) is 3.41. The molecule has 0 fully saturated rings. The van der Waals surface area contributed by atoms with Crippen LogP contribution in [-0.4, -0.2) is 20.3 Å². The standard InChI is InChI=1S/C22H20N4O2/c1-14-10-12-23-19(13-14)25-20(16-4-7-17(26-28)8-5-16)18-9-6-15-3-2-11-24-21(15)22(18)27/h2-13,20,26-28H,1H3,(H,23,25). The highest BCUT2D eigenvalue weighted by Gasteiger charge is 2.20. The van der Waals surface area contributed by atoms with Gasteiger partial charge in [0, 0.05) is 23.3 Å². The second kappa shape index (κ2) is 7.54. The predicted molar refractivity (Wildman–Crippen MR) is 110 cm³/mol. The van der Waals surface area contributed by atoms with Gasteiger partial charge in [-0.1, -0.05) is 30.3 Å². The first-order chi connectivity index (χ1) is 13.7. The highest BCUT2D eigenvalue weighted by atomic mass is 16.5. The molecular weight excluding hydrogens is 352 g/mol. The Hall–Kier alpha value is -3.64. The fourth-order valence-corrected chi connectivity index (χ4v) is 3.23. The zero-order valence-corrected chi connectivity index (χ0v) is 15.3. The van der Waals surface area contributed by atoms with Crippen LogP contribution in [0.1, 0.15) is 22.7 Å². The third kappa shape index (κ3) is 3.45. The molecule has 2 aromatic heterocycles. The molecule has 2 heterocycles. The van der Waals surface area contributed by atoms with Crippen molar-refractivity contribution in [3.8, 4) is 5.75 Å². The maximum atomic E-state index is 10.9. The number of phenols is 1. The molecule has 1 unspecified atom stereocenters. The summed E-state index contributed by atoms with van der Waals surface area (Å²) >= 11 is 0. The molecule has 0 spiro atoms. The SMILES string of the molecule is Cc1ccnc(NC(c2ccc(NO)cc2)c2ccc3cccnc3c2O)c1. The van der Waals surface area contributed by atoms with Gasteiger partial charge in [-0.15, -0.1) is 0 Å². The lowest BCUT2D eigenvalue weighted by atomic mass is 9.96. The first-order valence-corrected chi connectivity index (χ1v) is 8.91. The van der Waals surface area contributed by atoms with Crippen LogP contribution in [0.3, 0.4) is 0 Å². The molecule has 6 nitrogen and oxygen atoms in total. The Morgan fingerprint density at radius 1 is 0.929 bits per heavy atom. The van der Waals surface area contributed by atoms with Gasteiger partial charge in [-0.2, -0.15) is 0 Å². The van der Waals surface area contributed by atoms with E-state index in [0.717, 1.165) is 16.5 Å². The van der Waals surface area contributed by atoms with E-state index in [-0.39, 0.29) is 11.8 Å². The van der Waals surface area contributed by atoms with Crippen molar-refractivity contribution >= 4 is 22.4 Å². The molecule has 0 radical (unpaired) electrons. The number of aromatic hydroxyl groups is 1. The number of fused-ring (bicyclic) bond motifs is 1. The summed E-state index contributed by atoms with van der Waals surface area (Å²) < 4.78 is 0. The molecule has 0 saturated carbocycles. The fourth-order valence-electron chi connectivity index (χ4n) is 3.23. The summed E-state index contributed by atoms with van der Waals surface area (Å²) in [4.78, 5) is 8.72. The Bertz CT molecular complexity index is 1110. The maximum absolute atomic E-state index is 10.9. The Labute approximate surface area is 162 Å². The zero-order chi connectivity index (χ0) is 19.5. The van der Waals surface area contributed by atoms with E-state index in [0.29, 0.717) is 22.6 Å². The summed E-state index contributed by atoms with van der Waals surface area (Å²) in [6.45, 7) is 2.00. The Balaban J connectivity index is 1.83. The second-order valence-corrected chi connectivity index (χ2v) is 6.61. The summed E-state index contributed by atoms with van der Waals surface area (Å²) in [5.41, 5.74) is 5.96. The Morgan fingerprint density at radius 2 is 1.75 bits per heavy atom. The van der Waals surface area contributed by atoms with Gasteiger partial charge >= 0.3 is 0 Å². The number of pyridine rings is 2. The fraction of sp³-hybridized carbons (Fsp3) is 0.0909. The van der Waals surface area contributed by atoms with Gasteiger partial charge < -0.3 is 10.4 Å². The molecule has 28 heavy (non-hydrogen) atoms. The summed E-state index contributed by atoms with van der Waals surface area (Å²) in [5.74, 6) is 0.836. The molecule has 6 heteroatoms. The van der Waals surface area contributed by atoms with Gasteiger partial charge in [0.15, 0.2) is 0 Å². The van der Waals surface area contributed by atoms with Crippen molar-refractivity contribution in [2.75, 3.05) is 10.8 Å². The van der Waals surface area contributed by atoms with Gasteiger partial charge in [-0.3, -0.25) is 15.7 Å². The van der Waals surface area contributed by atoms with Crippen molar-refractivity contribution < 1.29 is 10.3 Å². The monoisotopic (exact) mass is 372 g/mol. The highest BCUT2D eigenvalue weighted by molar-refractivity contribution is 5.86. The predicted octanol–water partition coefficient (Wildman–Crippen LogP) is 4.65. The summed E-state index contributed by atoms with van der Waals surface area (Å²) in [7, 11) is 0. The van der Waals surface area contributed by atoms with Crippen LogP contribution < -0.4 is 10.8 Å². The van der Waals surface area contributed by atoms with Gasteiger partial charge in [0.25, 0.3) is 0 Å². The molecule has 0 saturated heterocycles. The van der Waals surface area contributed by atoms with Crippen molar-refractivity contribution in [2.45, 2.75) is 13.0 Å². The summed E-state index contributed by atoms with van der Waals surface area (Å²) in [6, 6.07) is 18.4. The number of aromatic nitrogens is 2. The molecular formula is C22H20N4O2. The van der Waals surface area contributed by atoms with Crippen molar-refractivity contribution in [3.05, 3.63) is 89.7 Å². The molecule has 4 N–H and O–H groups in total. The lowest BCUT2D eigenvalue weighted by Gasteiger charge is -2.22. The molecule has 1 atom stereocenters. The minimum absolute atomic E-state index is 0.132. The first kappa shape index (κ1) is 17.8. The first-order valence-electron chi connectivity index (χ1n) is 8.91. The maximum Gasteiger partial charge on any atom is 0.147 e. The second-order valence-electron chi connectivity index (χ2n) is 6.61. The quantitative estimate of drug-likeness (QED) is 0.381. The number of hydrogen-bond acceptors (Lipinski definition) is 6. The van der Waals surface area contributed by atoms with E-state index in [1.165, 1.54) is 0 Å². The average molecular weight is 372 g/mol.